The summed E-state index contributed by atoms with van der Waals surface area (Å²) in [7, 11) is 0. The first-order valence-corrected chi connectivity index (χ1v) is 6.46. The van der Waals surface area contributed by atoms with Gasteiger partial charge in [0.25, 0.3) is 0 Å². The molecule has 0 radical (unpaired) electrons. The quantitative estimate of drug-likeness (QED) is 0.758. The summed E-state index contributed by atoms with van der Waals surface area (Å²) in [4.78, 5) is 0. The summed E-state index contributed by atoms with van der Waals surface area (Å²) >= 11 is 0. The average Bonchev–Trinajstić information content (AvgIpc) is 2.38. The second kappa shape index (κ2) is 5.79. The van der Waals surface area contributed by atoms with Crippen molar-refractivity contribution < 1.29 is 9.47 Å². The van der Waals surface area contributed by atoms with Crippen LogP contribution in [0.2, 0.25) is 0 Å². The number of aryl methyl sites for hydroxylation is 4. The van der Waals surface area contributed by atoms with Crippen LogP contribution in [0, 0.1) is 27.7 Å². The minimum atomic E-state index is 0.227. The fourth-order valence-electron chi connectivity index (χ4n) is 1.77. The van der Waals surface area contributed by atoms with Gasteiger partial charge in [-0.2, -0.15) is 0 Å². The lowest BCUT2D eigenvalue weighted by molar-refractivity contribution is 0.119. The molecule has 0 spiro atoms. The Morgan fingerprint density at radius 3 is 1.42 bits per heavy atom. The van der Waals surface area contributed by atoms with Gasteiger partial charge in [0, 0.05) is 0 Å². The Bertz CT molecular complexity index is 522. The zero-order valence-electron chi connectivity index (χ0n) is 12.0. The van der Waals surface area contributed by atoms with Crippen LogP contribution in [0.5, 0.6) is 11.5 Å². The summed E-state index contributed by atoms with van der Waals surface area (Å²) < 4.78 is 11.2. The highest BCUT2D eigenvalue weighted by atomic mass is 16.7. The van der Waals surface area contributed by atoms with Crippen molar-refractivity contribution in [1.29, 1.82) is 0 Å². The molecule has 0 fully saturated rings. The molecule has 0 aromatic heterocycles. The van der Waals surface area contributed by atoms with E-state index >= 15 is 0 Å². The molecule has 2 heteroatoms. The second-order valence-electron chi connectivity index (χ2n) is 4.90. The lowest BCUT2D eigenvalue weighted by Crippen LogP contribution is -2.06. The zero-order valence-corrected chi connectivity index (χ0v) is 12.0. The minimum Gasteiger partial charge on any atom is -0.457 e. The summed E-state index contributed by atoms with van der Waals surface area (Å²) in [5.41, 5.74) is 4.98. The molecule has 2 rings (SSSR count). The van der Waals surface area contributed by atoms with E-state index in [1.807, 2.05) is 24.3 Å². The van der Waals surface area contributed by atoms with Gasteiger partial charge in [0.2, 0.25) is 6.79 Å². The number of hydrogen-bond acceptors (Lipinski definition) is 2. The Balaban J connectivity index is 1.92. The van der Waals surface area contributed by atoms with Crippen LogP contribution >= 0.6 is 0 Å². The SMILES string of the molecule is Cc1ccc(OCOc2ccc(C)c(C)c2)cc1C. The molecule has 100 valence electrons. The Morgan fingerprint density at radius 1 is 0.632 bits per heavy atom. The van der Waals surface area contributed by atoms with Crippen LogP contribution in [0.1, 0.15) is 22.3 Å². The molecule has 0 unspecified atom stereocenters. The molecule has 0 saturated heterocycles. The number of hydrogen-bond donors (Lipinski definition) is 0. The van der Waals surface area contributed by atoms with Crippen molar-refractivity contribution in [2.75, 3.05) is 6.79 Å². The third-order valence-electron chi connectivity index (χ3n) is 3.41. The largest absolute Gasteiger partial charge is 0.457 e. The Hall–Kier alpha value is -1.96. The van der Waals surface area contributed by atoms with Gasteiger partial charge < -0.3 is 9.47 Å². The van der Waals surface area contributed by atoms with Crippen molar-refractivity contribution >= 4 is 0 Å². The van der Waals surface area contributed by atoms with Gasteiger partial charge in [0.15, 0.2) is 0 Å². The standard InChI is InChI=1S/C17H20O2/c1-12-5-7-16(9-14(12)3)18-11-19-17-8-6-13(2)15(4)10-17/h5-10H,11H2,1-4H3. The van der Waals surface area contributed by atoms with E-state index in [1.165, 1.54) is 22.3 Å². The van der Waals surface area contributed by atoms with Gasteiger partial charge in [-0.15, -0.1) is 0 Å². The van der Waals surface area contributed by atoms with E-state index in [0.29, 0.717) is 0 Å². The molecule has 0 heterocycles. The number of benzene rings is 2. The van der Waals surface area contributed by atoms with Crippen LogP contribution in [-0.4, -0.2) is 6.79 Å². The topological polar surface area (TPSA) is 18.5 Å². The van der Waals surface area contributed by atoms with E-state index in [1.54, 1.807) is 0 Å². The smallest absolute Gasteiger partial charge is 0.230 e. The lowest BCUT2D eigenvalue weighted by atomic mass is 10.1. The Kier molecular flexibility index (Phi) is 4.10. The summed E-state index contributed by atoms with van der Waals surface area (Å²) in [6.07, 6.45) is 0. The van der Waals surface area contributed by atoms with Gasteiger partial charge in [-0.1, -0.05) is 12.1 Å². The van der Waals surface area contributed by atoms with Crippen LogP contribution in [0.4, 0.5) is 0 Å². The van der Waals surface area contributed by atoms with Gasteiger partial charge in [0.1, 0.15) is 11.5 Å². The highest BCUT2D eigenvalue weighted by molar-refractivity contribution is 5.35. The van der Waals surface area contributed by atoms with Gasteiger partial charge in [-0.05, 0) is 74.2 Å². The van der Waals surface area contributed by atoms with Crippen molar-refractivity contribution in [2.45, 2.75) is 27.7 Å². The van der Waals surface area contributed by atoms with E-state index in [9.17, 15) is 0 Å². The highest BCUT2D eigenvalue weighted by Gasteiger charge is 1.99. The molecular formula is C17H20O2. The summed E-state index contributed by atoms with van der Waals surface area (Å²) in [6, 6.07) is 12.1. The lowest BCUT2D eigenvalue weighted by Gasteiger charge is -2.11. The molecule has 0 N–H and O–H groups in total. The first kappa shape index (κ1) is 13.5. The Morgan fingerprint density at radius 2 is 1.05 bits per heavy atom. The van der Waals surface area contributed by atoms with Gasteiger partial charge in [-0.3, -0.25) is 0 Å². The maximum Gasteiger partial charge on any atom is 0.230 e. The van der Waals surface area contributed by atoms with Crippen LogP contribution < -0.4 is 9.47 Å². The van der Waals surface area contributed by atoms with Gasteiger partial charge >= 0.3 is 0 Å². The molecule has 0 amide bonds. The van der Waals surface area contributed by atoms with Crippen molar-refractivity contribution in [3.05, 3.63) is 58.7 Å². The number of ether oxygens (including phenoxy) is 2. The molecule has 0 saturated carbocycles. The van der Waals surface area contributed by atoms with E-state index in [0.717, 1.165) is 11.5 Å². The molecule has 19 heavy (non-hydrogen) atoms. The van der Waals surface area contributed by atoms with E-state index < -0.39 is 0 Å². The molecule has 2 aromatic carbocycles. The summed E-state index contributed by atoms with van der Waals surface area (Å²) in [6.45, 7) is 8.55. The molecule has 0 atom stereocenters. The van der Waals surface area contributed by atoms with Crippen LogP contribution in [0.3, 0.4) is 0 Å². The van der Waals surface area contributed by atoms with Crippen molar-refractivity contribution in [2.24, 2.45) is 0 Å². The van der Waals surface area contributed by atoms with Crippen molar-refractivity contribution in [3.8, 4) is 11.5 Å². The third kappa shape index (κ3) is 3.50. The highest BCUT2D eigenvalue weighted by Crippen LogP contribution is 2.18. The van der Waals surface area contributed by atoms with Crippen molar-refractivity contribution in [3.63, 3.8) is 0 Å². The predicted octanol–water partition coefficient (Wildman–Crippen LogP) is 4.34. The van der Waals surface area contributed by atoms with Gasteiger partial charge in [-0.25, -0.2) is 0 Å². The molecule has 0 bridgehead atoms. The fourth-order valence-corrected chi connectivity index (χ4v) is 1.77. The monoisotopic (exact) mass is 256 g/mol. The predicted molar refractivity (Wildman–Crippen MR) is 78.0 cm³/mol. The van der Waals surface area contributed by atoms with E-state index in [-0.39, 0.29) is 6.79 Å². The molecule has 0 aliphatic carbocycles. The fraction of sp³-hybridized carbons (Fsp3) is 0.294. The number of rotatable bonds is 4. The Labute approximate surface area is 115 Å². The van der Waals surface area contributed by atoms with E-state index in [4.69, 9.17) is 9.47 Å². The third-order valence-corrected chi connectivity index (χ3v) is 3.41. The second-order valence-corrected chi connectivity index (χ2v) is 4.90. The maximum absolute atomic E-state index is 5.59. The van der Waals surface area contributed by atoms with Crippen LogP contribution in [-0.2, 0) is 0 Å². The summed E-state index contributed by atoms with van der Waals surface area (Å²) in [5, 5.41) is 0. The first-order chi connectivity index (χ1) is 9.06. The van der Waals surface area contributed by atoms with Crippen LogP contribution in [0.15, 0.2) is 36.4 Å². The van der Waals surface area contributed by atoms with Crippen LogP contribution in [0.25, 0.3) is 0 Å². The van der Waals surface area contributed by atoms with Gasteiger partial charge in [0.05, 0.1) is 0 Å². The minimum absolute atomic E-state index is 0.227. The first-order valence-electron chi connectivity index (χ1n) is 6.46. The normalized spacial score (nSPS) is 10.3. The molecule has 0 aliphatic rings. The molecule has 0 aliphatic heterocycles. The zero-order chi connectivity index (χ0) is 13.8. The maximum atomic E-state index is 5.59. The van der Waals surface area contributed by atoms with E-state index in [2.05, 4.69) is 39.8 Å². The molecule has 2 aromatic rings. The average molecular weight is 256 g/mol. The summed E-state index contributed by atoms with van der Waals surface area (Å²) in [5.74, 6) is 1.68. The van der Waals surface area contributed by atoms with Crippen molar-refractivity contribution in [1.82, 2.24) is 0 Å². The molecular weight excluding hydrogens is 236 g/mol. The molecule has 2 nitrogen and oxygen atoms in total.